The summed E-state index contributed by atoms with van der Waals surface area (Å²) < 4.78 is 1.65. The zero-order chi connectivity index (χ0) is 13.0. The summed E-state index contributed by atoms with van der Waals surface area (Å²) in [6.45, 7) is 2.93. The topological polar surface area (TPSA) is 85.8 Å². The van der Waals surface area contributed by atoms with E-state index in [1.165, 1.54) is 0 Å². The third-order valence-electron chi connectivity index (χ3n) is 2.63. The molecule has 6 heteroatoms. The van der Waals surface area contributed by atoms with Gasteiger partial charge in [0.25, 0.3) is 5.91 Å². The fourth-order valence-electron chi connectivity index (χ4n) is 1.72. The highest BCUT2D eigenvalue weighted by atomic mass is 16.1. The maximum Gasteiger partial charge on any atom is 0.253 e. The molecule has 0 saturated carbocycles. The van der Waals surface area contributed by atoms with Crippen molar-refractivity contribution in [2.45, 2.75) is 13.5 Å². The lowest BCUT2D eigenvalue weighted by atomic mass is 10.1. The first-order chi connectivity index (χ1) is 8.68. The van der Waals surface area contributed by atoms with Crippen LogP contribution < -0.4 is 11.1 Å². The zero-order valence-corrected chi connectivity index (χ0v) is 10.1. The number of aryl methyl sites for hydroxylation is 1. The Bertz CT molecular complexity index is 515. The molecule has 0 radical (unpaired) electrons. The number of nitrogens with two attached hydrogens (primary N) is 1. The Morgan fingerprint density at radius 3 is 3.00 bits per heavy atom. The number of nitrogens with zero attached hydrogens (tertiary/aromatic N) is 3. The van der Waals surface area contributed by atoms with Crippen LogP contribution in [0.3, 0.4) is 0 Å². The van der Waals surface area contributed by atoms with Crippen LogP contribution in [0.25, 0.3) is 0 Å². The van der Waals surface area contributed by atoms with E-state index in [-0.39, 0.29) is 5.91 Å². The van der Waals surface area contributed by atoms with Crippen molar-refractivity contribution >= 4 is 11.6 Å². The predicted octanol–water partition coefficient (Wildman–Crippen LogP) is 0.599. The number of nitrogen functional groups attached to an aromatic ring is 1. The highest BCUT2D eigenvalue weighted by Crippen LogP contribution is 2.15. The van der Waals surface area contributed by atoms with Crippen LogP contribution in [0.1, 0.15) is 15.9 Å². The molecule has 1 heterocycles. The number of hydrogen-bond donors (Lipinski definition) is 2. The van der Waals surface area contributed by atoms with Gasteiger partial charge in [0.1, 0.15) is 0 Å². The van der Waals surface area contributed by atoms with Crippen LogP contribution in [0.2, 0.25) is 0 Å². The van der Waals surface area contributed by atoms with E-state index in [1.807, 2.05) is 19.1 Å². The molecule has 0 saturated heterocycles. The molecule has 0 aliphatic carbocycles. The van der Waals surface area contributed by atoms with Gasteiger partial charge in [0.05, 0.1) is 18.3 Å². The molecule has 0 aliphatic heterocycles. The van der Waals surface area contributed by atoms with E-state index in [2.05, 4.69) is 15.6 Å². The maximum absolute atomic E-state index is 12.0. The molecule has 1 amide bonds. The van der Waals surface area contributed by atoms with Gasteiger partial charge in [-0.05, 0) is 18.6 Å². The molecule has 0 bridgehead atoms. The van der Waals surface area contributed by atoms with Gasteiger partial charge in [0.2, 0.25) is 0 Å². The summed E-state index contributed by atoms with van der Waals surface area (Å²) in [4.78, 5) is 12.0. The summed E-state index contributed by atoms with van der Waals surface area (Å²) in [5.41, 5.74) is 7.70. The van der Waals surface area contributed by atoms with Gasteiger partial charge in [-0.3, -0.25) is 9.48 Å². The number of hydrogen-bond acceptors (Lipinski definition) is 4. The van der Waals surface area contributed by atoms with E-state index in [4.69, 9.17) is 5.73 Å². The van der Waals surface area contributed by atoms with Gasteiger partial charge >= 0.3 is 0 Å². The van der Waals surface area contributed by atoms with Gasteiger partial charge < -0.3 is 11.1 Å². The molecule has 1 aromatic carbocycles. The third-order valence-corrected chi connectivity index (χ3v) is 2.63. The molecule has 0 aliphatic rings. The Kier molecular flexibility index (Phi) is 3.57. The molecule has 18 heavy (non-hydrogen) atoms. The van der Waals surface area contributed by atoms with Crippen molar-refractivity contribution in [3.05, 3.63) is 41.7 Å². The van der Waals surface area contributed by atoms with Crippen molar-refractivity contribution in [3.8, 4) is 0 Å². The number of amides is 1. The second kappa shape index (κ2) is 5.31. The van der Waals surface area contributed by atoms with E-state index in [0.29, 0.717) is 24.3 Å². The van der Waals surface area contributed by atoms with Gasteiger partial charge in [-0.1, -0.05) is 17.3 Å². The molecule has 94 valence electrons. The van der Waals surface area contributed by atoms with E-state index < -0.39 is 0 Å². The summed E-state index contributed by atoms with van der Waals surface area (Å²) in [6, 6.07) is 5.42. The minimum Gasteiger partial charge on any atom is -0.398 e. The van der Waals surface area contributed by atoms with Crippen LogP contribution in [0.15, 0.2) is 30.6 Å². The number of anilines is 1. The molecule has 2 rings (SSSR count). The summed E-state index contributed by atoms with van der Waals surface area (Å²) in [7, 11) is 0. The zero-order valence-electron chi connectivity index (χ0n) is 10.1. The number of rotatable bonds is 4. The number of nitrogens with one attached hydrogen (secondary N) is 1. The van der Waals surface area contributed by atoms with Crippen LogP contribution in [-0.4, -0.2) is 27.4 Å². The largest absolute Gasteiger partial charge is 0.398 e. The van der Waals surface area contributed by atoms with Crippen molar-refractivity contribution in [1.29, 1.82) is 0 Å². The van der Waals surface area contributed by atoms with Gasteiger partial charge in [-0.2, -0.15) is 0 Å². The first-order valence-electron chi connectivity index (χ1n) is 5.66. The molecule has 6 nitrogen and oxygen atoms in total. The number of carbonyl (C=O) groups is 1. The Hall–Kier alpha value is -2.37. The third kappa shape index (κ3) is 2.65. The first-order valence-corrected chi connectivity index (χ1v) is 5.66. The lowest BCUT2D eigenvalue weighted by Crippen LogP contribution is -2.28. The van der Waals surface area contributed by atoms with Gasteiger partial charge in [-0.15, -0.1) is 5.10 Å². The average molecular weight is 245 g/mol. The highest BCUT2D eigenvalue weighted by Gasteiger charge is 2.11. The van der Waals surface area contributed by atoms with E-state index in [1.54, 1.807) is 23.1 Å². The van der Waals surface area contributed by atoms with Crippen LogP contribution in [-0.2, 0) is 6.54 Å². The summed E-state index contributed by atoms with van der Waals surface area (Å²) in [5.74, 6) is -0.161. The fraction of sp³-hybridized carbons (Fsp3) is 0.250. The van der Waals surface area contributed by atoms with Crippen LogP contribution in [0, 0.1) is 6.92 Å². The summed E-state index contributed by atoms with van der Waals surface area (Å²) in [6.07, 6.45) is 3.34. The molecular weight excluding hydrogens is 230 g/mol. The molecule has 0 atom stereocenters. The fourth-order valence-corrected chi connectivity index (χ4v) is 1.72. The minimum atomic E-state index is -0.161. The molecule has 1 aromatic heterocycles. The van der Waals surface area contributed by atoms with Crippen LogP contribution >= 0.6 is 0 Å². The quantitative estimate of drug-likeness (QED) is 0.772. The molecule has 0 spiro atoms. The van der Waals surface area contributed by atoms with Crippen molar-refractivity contribution in [1.82, 2.24) is 20.3 Å². The van der Waals surface area contributed by atoms with Gasteiger partial charge in [-0.25, -0.2) is 0 Å². The van der Waals surface area contributed by atoms with Gasteiger partial charge in [0.15, 0.2) is 0 Å². The van der Waals surface area contributed by atoms with E-state index in [0.717, 1.165) is 5.56 Å². The average Bonchev–Trinajstić information content (AvgIpc) is 2.82. The first kappa shape index (κ1) is 12.1. The number of benzene rings is 1. The normalized spacial score (nSPS) is 10.3. The van der Waals surface area contributed by atoms with Crippen LogP contribution in [0.5, 0.6) is 0 Å². The summed E-state index contributed by atoms with van der Waals surface area (Å²) >= 11 is 0. The van der Waals surface area contributed by atoms with Crippen molar-refractivity contribution in [3.63, 3.8) is 0 Å². The van der Waals surface area contributed by atoms with E-state index in [9.17, 15) is 4.79 Å². The maximum atomic E-state index is 12.0. The highest BCUT2D eigenvalue weighted by molar-refractivity contribution is 6.00. The van der Waals surface area contributed by atoms with Gasteiger partial charge in [0, 0.05) is 18.4 Å². The standard InChI is InChI=1S/C12H15N5O/c1-9-3-2-4-10(13)11(9)12(18)14-5-7-17-8-6-15-16-17/h2-4,6,8H,5,7,13H2,1H3,(H,14,18). The number of carbonyl (C=O) groups excluding carboxylic acids is 1. The Morgan fingerprint density at radius 1 is 1.50 bits per heavy atom. The molecule has 3 N–H and O–H groups in total. The van der Waals surface area contributed by atoms with Crippen molar-refractivity contribution < 1.29 is 4.79 Å². The summed E-state index contributed by atoms with van der Waals surface area (Å²) in [5, 5.41) is 10.3. The predicted molar refractivity (Wildman–Crippen MR) is 67.9 cm³/mol. The second-order valence-corrected chi connectivity index (χ2v) is 3.96. The Balaban J connectivity index is 1.96. The SMILES string of the molecule is Cc1cccc(N)c1C(=O)NCCn1ccnn1. The minimum absolute atomic E-state index is 0.161. The molecular formula is C12H15N5O. The lowest BCUT2D eigenvalue weighted by molar-refractivity contribution is 0.0952. The molecule has 0 fully saturated rings. The van der Waals surface area contributed by atoms with E-state index >= 15 is 0 Å². The molecule has 2 aromatic rings. The second-order valence-electron chi connectivity index (χ2n) is 3.96. The smallest absolute Gasteiger partial charge is 0.253 e. The Labute approximate surface area is 105 Å². The monoisotopic (exact) mass is 245 g/mol. The number of aromatic nitrogens is 3. The van der Waals surface area contributed by atoms with Crippen LogP contribution in [0.4, 0.5) is 5.69 Å². The Morgan fingerprint density at radius 2 is 2.33 bits per heavy atom. The van der Waals surface area contributed by atoms with Crippen molar-refractivity contribution in [2.75, 3.05) is 12.3 Å². The van der Waals surface area contributed by atoms with Crippen molar-refractivity contribution in [2.24, 2.45) is 0 Å². The lowest BCUT2D eigenvalue weighted by Gasteiger charge is -2.09. The molecule has 0 unspecified atom stereocenters.